The molecule has 2 aromatic carbocycles. The molecule has 0 radical (unpaired) electrons. The van der Waals surface area contributed by atoms with Gasteiger partial charge in [-0.1, -0.05) is 55.8 Å². The fourth-order valence-corrected chi connectivity index (χ4v) is 3.14. The van der Waals surface area contributed by atoms with E-state index in [4.69, 9.17) is 5.11 Å². The third-order valence-corrected chi connectivity index (χ3v) is 4.97. The molecule has 0 atom stereocenters. The van der Waals surface area contributed by atoms with E-state index in [0.29, 0.717) is 17.7 Å². The highest BCUT2D eigenvalue weighted by Crippen LogP contribution is 3.02. The number of nitrogens with zero attached hydrogens (tertiary/aromatic N) is 4. The molecule has 12 heteroatoms. The fourth-order valence-electron chi connectivity index (χ4n) is 2.45. The SMILES string of the molecule is O=C(CO)c1ccc(Cn2nnnc2-c2cccc(S(F)(F)(F)(F)F)c2)cc1. The zero-order valence-electron chi connectivity index (χ0n) is 14.0. The fraction of sp³-hybridized carbons (Fsp3) is 0.125. The highest BCUT2D eigenvalue weighted by molar-refractivity contribution is 8.45. The van der Waals surface area contributed by atoms with Crippen LogP contribution in [0.4, 0.5) is 19.4 Å². The Labute approximate surface area is 155 Å². The zero-order valence-corrected chi connectivity index (χ0v) is 14.8. The van der Waals surface area contributed by atoms with Crippen LogP contribution >= 0.6 is 10.2 Å². The molecular formula is C16H13F5N4O2S. The molecule has 3 aromatic rings. The van der Waals surface area contributed by atoms with Gasteiger partial charge < -0.3 is 5.11 Å². The Balaban J connectivity index is 1.92. The minimum absolute atomic E-state index is 0.0244. The molecule has 6 nitrogen and oxygen atoms in total. The van der Waals surface area contributed by atoms with E-state index in [1.807, 2.05) is 0 Å². The third-order valence-electron chi connectivity index (χ3n) is 3.82. The molecule has 0 fully saturated rings. The zero-order chi connectivity index (χ0) is 20.6. The van der Waals surface area contributed by atoms with Gasteiger partial charge in [-0.3, -0.25) is 4.79 Å². The molecule has 1 heterocycles. The van der Waals surface area contributed by atoms with E-state index >= 15 is 0 Å². The summed E-state index contributed by atoms with van der Waals surface area (Å²) in [6.45, 7) is -0.616. The first kappa shape index (κ1) is 19.9. The molecule has 0 bridgehead atoms. The van der Waals surface area contributed by atoms with Crippen LogP contribution in [0.25, 0.3) is 11.4 Å². The van der Waals surface area contributed by atoms with Crippen molar-refractivity contribution in [2.75, 3.05) is 6.61 Å². The van der Waals surface area contributed by atoms with Gasteiger partial charge in [0.05, 0.1) is 6.54 Å². The number of ketones is 1. The maximum absolute atomic E-state index is 13.0. The molecular weight excluding hydrogens is 407 g/mol. The second-order valence-electron chi connectivity index (χ2n) is 5.94. The van der Waals surface area contributed by atoms with Gasteiger partial charge in [0.1, 0.15) is 11.5 Å². The summed E-state index contributed by atoms with van der Waals surface area (Å²) in [4.78, 5) is 9.38. The van der Waals surface area contributed by atoms with Crippen LogP contribution in [0.15, 0.2) is 53.4 Å². The first-order valence-corrected chi connectivity index (χ1v) is 9.66. The molecule has 0 saturated heterocycles. The van der Waals surface area contributed by atoms with Crippen LogP contribution in [0.2, 0.25) is 0 Å². The summed E-state index contributed by atoms with van der Waals surface area (Å²) in [6.07, 6.45) is 0. The van der Waals surface area contributed by atoms with Gasteiger partial charge in [0.2, 0.25) is 0 Å². The molecule has 1 N–H and O–H groups in total. The number of aromatic nitrogens is 4. The lowest BCUT2D eigenvalue weighted by Crippen LogP contribution is -2.08. The number of carbonyl (C=O) groups excluding carboxylic acids is 1. The average molecular weight is 420 g/mol. The van der Waals surface area contributed by atoms with Crippen molar-refractivity contribution in [3.63, 3.8) is 0 Å². The summed E-state index contributed by atoms with van der Waals surface area (Å²) in [5.74, 6) is -0.596. The first-order chi connectivity index (χ1) is 12.9. The number of aliphatic hydroxyl groups excluding tert-OH is 1. The molecule has 1 aromatic heterocycles. The van der Waals surface area contributed by atoms with E-state index in [0.717, 1.165) is 10.7 Å². The predicted molar refractivity (Wildman–Crippen MR) is 91.6 cm³/mol. The van der Waals surface area contributed by atoms with Gasteiger partial charge in [-0.05, 0) is 28.1 Å². The Morgan fingerprint density at radius 3 is 2.32 bits per heavy atom. The van der Waals surface area contributed by atoms with Crippen LogP contribution in [-0.2, 0) is 6.54 Å². The van der Waals surface area contributed by atoms with Gasteiger partial charge >= 0.3 is 10.2 Å². The highest BCUT2D eigenvalue weighted by Gasteiger charge is 2.65. The van der Waals surface area contributed by atoms with Crippen LogP contribution in [-0.4, -0.2) is 37.7 Å². The van der Waals surface area contributed by atoms with Crippen molar-refractivity contribution in [2.24, 2.45) is 0 Å². The van der Waals surface area contributed by atoms with Gasteiger partial charge in [-0.15, -0.1) is 5.10 Å². The van der Waals surface area contributed by atoms with Gasteiger partial charge in [-0.25, -0.2) is 4.68 Å². The molecule has 0 saturated carbocycles. The van der Waals surface area contributed by atoms with Crippen molar-refractivity contribution >= 4 is 16.0 Å². The maximum atomic E-state index is 13.0. The Morgan fingerprint density at radius 1 is 1.04 bits per heavy atom. The minimum Gasteiger partial charge on any atom is -0.388 e. The van der Waals surface area contributed by atoms with Crippen molar-refractivity contribution in [2.45, 2.75) is 11.4 Å². The van der Waals surface area contributed by atoms with Crippen molar-refractivity contribution in [3.8, 4) is 11.4 Å². The van der Waals surface area contributed by atoms with Gasteiger partial charge in [0.15, 0.2) is 11.6 Å². The number of halogens is 5. The molecule has 150 valence electrons. The number of Topliss-reactive ketones (excluding diaryl/α,β-unsaturated/α-hetero) is 1. The summed E-state index contributed by atoms with van der Waals surface area (Å²) in [5.41, 5.74) is 0.668. The summed E-state index contributed by atoms with van der Waals surface area (Å²) in [5, 5.41) is 19.5. The number of carbonyl (C=O) groups is 1. The molecule has 0 aliphatic rings. The molecule has 3 rings (SSSR count). The molecule has 28 heavy (non-hydrogen) atoms. The summed E-state index contributed by atoms with van der Waals surface area (Å²) < 4.78 is 66.4. The van der Waals surface area contributed by atoms with Gasteiger partial charge in [0.25, 0.3) is 0 Å². The van der Waals surface area contributed by atoms with E-state index in [9.17, 15) is 24.2 Å². The Bertz CT molecular complexity index is 1040. The number of benzene rings is 2. The second kappa shape index (κ2) is 6.07. The van der Waals surface area contributed by atoms with Gasteiger partial charge in [-0.2, -0.15) is 0 Å². The van der Waals surface area contributed by atoms with Crippen LogP contribution in [0.3, 0.4) is 0 Å². The van der Waals surface area contributed by atoms with E-state index in [1.165, 1.54) is 18.2 Å². The summed E-state index contributed by atoms with van der Waals surface area (Å²) in [6, 6.07) is 8.70. The average Bonchev–Trinajstić information content (AvgIpc) is 3.08. The first-order valence-electron chi connectivity index (χ1n) is 7.71. The Morgan fingerprint density at radius 2 is 1.71 bits per heavy atom. The minimum atomic E-state index is -9.83. The number of hydrogen-bond donors (Lipinski definition) is 1. The summed E-state index contributed by atoms with van der Waals surface area (Å²) in [7, 11) is -9.83. The number of tetrazole rings is 1. The Kier molecular flexibility index (Phi) is 4.31. The van der Waals surface area contributed by atoms with E-state index in [2.05, 4.69) is 15.5 Å². The van der Waals surface area contributed by atoms with E-state index < -0.39 is 27.5 Å². The molecule has 0 amide bonds. The standard InChI is InChI=1S/C16H13F5N4O2S/c17-28(18,19,20,21)14-3-1-2-13(8-14)16-22-23-24-25(16)9-11-4-6-12(7-5-11)15(27)10-26/h1-8,26H,9-10H2. The van der Waals surface area contributed by atoms with Gasteiger partial charge in [0, 0.05) is 11.1 Å². The van der Waals surface area contributed by atoms with E-state index in [-0.39, 0.29) is 23.5 Å². The number of hydrogen-bond acceptors (Lipinski definition) is 5. The van der Waals surface area contributed by atoms with E-state index in [1.54, 1.807) is 12.1 Å². The normalized spacial score (nSPS) is 14.4. The molecule has 0 spiro atoms. The predicted octanol–water partition coefficient (Wildman–Crippen LogP) is 4.22. The quantitative estimate of drug-likeness (QED) is 0.477. The van der Waals surface area contributed by atoms with Crippen LogP contribution in [0.5, 0.6) is 0 Å². The maximum Gasteiger partial charge on any atom is 0.310 e. The van der Waals surface area contributed by atoms with Crippen molar-refractivity contribution in [1.29, 1.82) is 0 Å². The summed E-state index contributed by atoms with van der Waals surface area (Å²) >= 11 is 0. The molecule has 0 unspecified atom stereocenters. The van der Waals surface area contributed by atoms with Crippen LogP contribution < -0.4 is 0 Å². The lowest BCUT2D eigenvalue weighted by molar-refractivity contribution is 0.0903. The third kappa shape index (κ3) is 4.34. The lowest BCUT2D eigenvalue weighted by Gasteiger charge is -2.40. The van der Waals surface area contributed by atoms with Crippen molar-refractivity contribution < 1.29 is 29.3 Å². The van der Waals surface area contributed by atoms with Crippen LogP contribution in [0.1, 0.15) is 15.9 Å². The number of rotatable bonds is 6. The second-order valence-corrected chi connectivity index (χ2v) is 8.34. The molecule has 0 aliphatic heterocycles. The topological polar surface area (TPSA) is 80.9 Å². The Hall–Kier alpha value is -2.86. The van der Waals surface area contributed by atoms with Crippen molar-refractivity contribution in [1.82, 2.24) is 20.2 Å². The van der Waals surface area contributed by atoms with Crippen molar-refractivity contribution in [3.05, 3.63) is 59.7 Å². The largest absolute Gasteiger partial charge is 0.388 e. The smallest absolute Gasteiger partial charge is 0.310 e. The highest BCUT2D eigenvalue weighted by atomic mass is 32.5. The van der Waals surface area contributed by atoms with Crippen LogP contribution in [0, 0.1) is 0 Å². The lowest BCUT2D eigenvalue weighted by atomic mass is 10.1. The monoisotopic (exact) mass is 420 g/mol. The number of aliphatic hydroxyl groups is 1. The molecule has 0 aliphatic carbocycles.